The van der Waals surface area contributed by atoms with Gasteiger partial charge in [0.05, 0.1) is 11.7 Å². The number of rotatable bonds is 10. The number of halogens is 1. The van der Waals surface area contributed by atoms with Gasteiger partial charge in [-0.15, -0.1) is 11.8 Å². The molecular formula is C23H21ClN6O7S2. The molecule has 16 heteroatoms. The fraction of sp³-hybridized carbons (Fsp3) is 0.348. The molecule has 0 spiro atoms. The van der Waals surface area contributed by atoms with Crippen LogP contribution in [-0.2, 0) is 30.6 Å². The van der Waals surface area contributed by atoms with Crippen LogP contribution in [0.3, 0.4) is 0 Å². The van der Waals surface area contributed by atoms with E-state index < -0.39 is 47.5 Å². The van der Waals surface area contributed by atoms with E-state index in [1.165, 1.54) is 30.2 Å². The lowest BCUT2D eigenvalue weighted by atomic mass is 10.0. The average molecular weight is 593 g/mol. The average Bonchev–Trinajstić information content (AvgIpc) is 3.68. The van der Waals surface area contributed by atoms with Crippen LogP contribution in [0.25, 0.3) is 0 Å². The van der Waals surface area contributed by atoms with E-state index >= 15 is 0 Å². The Morgan fingerprint density at radius 1 is 1.33 bits per heavy atom. The Morgan fingerprint density at radius 3 is 2.64 bits per heavy atom. The van der Waals surface area contributed by atoms with Crippen LogP contribution in [0.4, 0.5) is 5.13 Å². The zero-order valence-corrected chi connectivity index (χ0v) is 22.4. The highest BCUT2D eigenvalue weighted by Crippen LogP contribution is 2.41. The second-order valence-electron chi connectivity index (χ2n) is 8.96. The topological polar surface area (TPSA) is 191 Å². The first-order chi connectivity index (χ1) is 18.6. The number of hydrogen-bond donors (Lipinski definition) is 3. The van der Waals surface area contributed by atoms with E-state index in [4.69, 9.17) is 27.3 Å². The third-order valence-electron chi connectivity index (χ3n) is 6.25. The molecule has 2 aliphatic heterocycles. The minimum absolute atomic E-state index is 0.00315. The van der Waals surface area contributed by atoms with Gasteiger partial charge in [0.2, 0.25) is 6.61 Å². The highest BCUT2D eigenvalue weighted by molar-refractivity contribution is 8.00. The molecule has 1 saturated heterocycles. The summed E-state index contributed by atoms with van der Waals surface area (Å²) in [6.07, 6.45) is 6.11. The number of fused-ring (bicyclic) bond motifs is 1. The van der Waals surface area contributed by atoms with E-state index in [0.29, 0.717) is 17.2 Å². The molecule has 39 heavy (non-hydrogen) atoms. The molecule has 4 N–H and O–H groups in total. The predicted octanol–water partition coefficient (Wildman–Crippen LogP) is -0.547. The molecule has 13 nitrogen and oxygen atoms in total. The summed E-state index contributed by atoms with van der Waals surface area (Å²) < 4.78 is 1.85. The number of carboxylic acids is 2. The Bertz CT molecular complexity index is 1420. The number of carboxylic acid groups (broad SMARTS) is 2. The normalized spacial score (nSPS) is 20.8. The van der Waals surface area contributed by atoms with Crippen molar-refractivity contribution < 1.29 is 38.8 Å². The van der Waals surface area contributed by atoms with Gasteiger partial charge in [0.25, 0.3) is 11.8 Å². The van der Waals surface area contributed by atoms with Crippen LogP contribution in [0.1, 0.15) is 30.0 Å². The number of nitrogens with one attached hydrogen (secondary N) is 1. The van der Waals surface area contributed by atoms with E-state index in [2.05, 4.69) is 15.5 Å². The zero-order valence-electron chi connectivity index (χ0n) is 20.0. The first kappa shape index (κ1) is 26.9. The third-order valence-corrected chi connectivity index (χ3v) is 8.67. The number of nitrogens with two attached hydrogens (primary N) is 1. The number of hydrogen-bond acceptors (Lipinski definition) is 11. The maximum Gasteiger partial charge on any atom is 0.344 e. The van der Waals surface area contributed by atoms with Crippen molar-refractivity contribution in [2.75, 3.05) is 18.1 Å². The summed E-state index contributed by atoms with van der Waals surface area (Å²) in [7, 11) is 0. The summed E-state index contributed by atoms with van der Waals surface area (Å²) in [6, 6.07) is 2.93. The Labute approximate surface area is 234 Å². The molecule has 0 unspecified atom stereocenters. The smallest absolute Gasteiger partial charge is 0.344 e. The number of carbonyl (C=O) groups excluding carboxylic acids is 3. The SMILES string of the molecule is Nc1nc(/C(=N/OCC(=O)O)C(=O)N[C@@H]2C(=O)N3C(C(=O)[O-])=C(C[n+]4ccc(C5CC5)cc4)CS[C@H]23)c(Cl)s1. The lowest BCUT2D eigenvalue weighted by molar-refractivity contribution is -0.689. The summed E-state index contributed by atoms with van der Waals surface area (Å²) in [5, 5.41) is 26.3. The molecule has 4 heterocycles. The number of aromatic nitrogens is 2. The summed E-state index contributed by atoms with van der Waals surface area (Å²) in [5.41, 5.74) is 6.54. The first-order valence-electron chi connectivity index (χ1n) is 11.7. The number of pyridine rings is 1. The van der Waals surface area contributed by atoms with E-state index in [9.17, 15) is 24.3 Å². The molecule has 1 aliphatic carbocycles. The van der Waals surface area contributed by atoms with Crippen LogP contribution in [0.15, 0.2) is 41.0 Å². The predicted molar refractivity (Wildman–Crippen MR) is 137 cm³/mol. The molecule has 1 saturated carbocycles. The zero-order chi connectivity index (χ0) is 27.8. The maximum atomic E-state index is 13.1. The Balaban J connectivity index is 1.33. The van der Waals surface area contributed by atoms with Crippen LogP contribution in [0.2, 0.25) is 4.34 Å². The Kier molecular flexibility index (Phi) is 7.46. The Hall–Kier alpha value is -3.69. The standard InChI is InChI=1S/C23H21ClN6O7S2/c24-18-14(27-23(25)39-18)15(28-37-8-13(31)32)19(33)26-16-20(34)30-17(22(35)36)12(9-38-21(16)30)7-29-5-3-11(4-6-29)10-1-2-10/h3-6,10,16,21H,1-2,7-9H2,(H4-,25,26,27,31,32,33,35,36)/b28-15-/t16-,21-/m1/s1. The highest BCUT2D eigenvalue weighted by atomic mass is 35.5. The number of β-lactam (4-membered cyclic amide) rings is 1. The molecular weight excluding hydrogens is 572 g/mol. The molecule has 0 radical (unpaired) electrons. The lowest BCUT2D eigenvalue weighted by Gasteiger charge is -2.50. The van der Waals surface area contributed by atoms with Gasteiger partial charge in [-0.25, -0.2) is 14.3 Å². The monoisotopic (exact) mass is 592 g/mol. The number of oxime groups is 1. The van der Waals surface area contributed by atoms with Gasteiger partial charge in [-0.05, 0) is 24.3 Å². The van der Waals surface area contributed by atoms with Crippen molar-refractivity contribution in [2.45, 2.75) is 36.7 Å². The lowest BCUT2D eigenvalue weighted by Crippen LogP contribution is -2.71. The number of carbonyl (C=O) groups is 4. The van der Waals surface area contributed by atoms with Crippen molar-refractivity contribution in [3.63, 3.8) is 0 Å². The largest absolute Gasteiger partial charge is 0.543 e. The number of nitrogen functional groups attached to an aromatic ring is 1. The molecule has 2 aromatic rings. The number of amides is 2. The third kappa shape index (κ3) is 5.55. The number of nitrogens with zero attached hydrogens (tertiary/aromatic N) is 4. The number of thiazole rings is 1. The van der Waals surface area contributed by atoms with Crippen LogP contribution in [-0.4, -0.2) is 68.2 Å². The summed E-state index contributed by atoms with van der Waals surface area (Å²) in [6.45, 7) is -0.581. The van der Waals surface area contributed by atoms with Gasteiger partial charge < -0.3 is 30.9 Å². The van der Waals surface area contributed by atoms with Crippen molar-refractivity contribution in [2.24, 2.45) is 5.16 Å². The number of aliphatic carboxylic acids is 2. The molecule has 3 aliphatic rings. The van der Waals surface area contributed by atoms with Crippen LogP contribution in [0, 0.1) is 0 Å². The van der Waals surface area contributed by atoms with Gasteiger partial charge in [-0.1, -0.05) is 28.1 Å². The summed E-state index contributed by atoms with van der Waals surface area (Å²) in [4.78, 5) is 58.8. The molecule has 0 aromatic carbocycles. The summed E-state index contributed by atoms with van der Waals surface area (Å²) in [5.74, 6) is -3.52. The first-order valence-corrected chi connectivity index (χ1v) is 13.9. The quantitative estimate of drug-likeness (QED) is 0.140. The fourth-order valence-corrected chi connectivity index (χ4v) is 6.56. The minimum Gasteiger partial charge on any atom is -0.543 e. The van der Waals surface area contributed by atoms with Gasteiger partial charge in [0.1, 0.15) is 21.4 Å². The van der Waals surface area contributed by atoms with E-state index in [1.54, 1.807) is 0 Å². The van der Waals surface area contributed by atoms with Crippen molar-refractivity contribution >= 4 is 69.3 Å². The van der Waals surface area contributed by atoms with Gasteiger partial charge >= 0.3 is 5.97 Å². The molecule has 2 amide bonds. The van der Waals surface area contributed by atoms with Gasteiger partial charge in [-0.2, -0.15) is 0 Å². The van der Waals surface area contributed by atoms with E-state index in [1.807, 2.05) is 29.1 Å². The second kappa shape index (κ2) is 10.8. The minimum atomic E-state index is -1.49. The molecule has 204 valence electrons. The maximum absolute atomic E-state index is 13.1. The fourth-order valence-electron chi connectivity index (χ4n) is 4.29. The van der Waals surface area contributed by atoms with Crippen molar-refractivity contribution in [3.05, 3.63) is 51.4 Å². The van der Waals surface area contributed by atoms with Gasteiger partial charge in [0, 0.05) is 23.5 Å². The van der Waals surface area contributed by atoms with Crippen molar-refractivity contribution in [3.8, 4) is 0 Å². The molecule has 0 bridgehead atoms. The van der Waals surface area contributed by atoms with E-state index in [0.717, 1.165) is 16.2 Å². The highest BCUT2D eigenvalue weighted by Gasteiger charge is 2.53. The van der Waals surface area contributed by atoms with Crippen LogP contribution < -0.4 is 20.7 Å². The van der Waals surface area contributed by atoms with Gasteiger partial charge in [-0.3, -0.25) is 14.5 Å². The van der Waals surface area contributed by atoms with Crippen molar-refractivity contribution in [1.82, 2.24) is 15.2 Å². The number of thioether (sulfide) groups is 1. The van der Waals surface area contributed by atoms with Crippen LogP contribution in [0.5, 0.6) is 0 Å². The van der Waals surface area contributed by atoms with Crippen molar-refractivity contribution in [1.29, 1.82) is 0 Å². The molecule has 2 aromatic heterocycles. The molecule has 5 rings (SSSR count). The van der Waals surface area contributed by atoms with E-state index in [-0.39, 0.29) is 27.4 Å². The van der Waals surface area contributed by atoms with Crippen LogP contribution >= 0.6 is 34.7 Å². The number of anilines is 1. The molecule has 2 atom stereocenters. The van der Waals surface area contributed by atoms with Gasteiger partial charge in [0.15, 0.2) is 29.8 Å². The second-order valence-corrected chi connectivity index (χ2v) is 11.7. The summed E-state index contributed by atoms with van der Waals surface area (Å²) >= 11 is 8.25. The molecule has 2 fully saturated rings. The Morgan fingerprint density at radius 2 is 2.05 bits per heavy atom.